The van der Waals surface area contributed by atoms with Gasteiger partial charge in [0.1, 0.15) is 0 Å². The first-order chi connectivity index (χ1) is 9.04. The summed E-state index contributed by atoms with van der Waals surface area (Å²) in [4.78, 5) is 8.07. The first kappa shape index (κ1) is 13.7. The summed E-state index contributed by atoms with van der Waals surface area (Å²) in [5.41, 5.74) is -3.21. The van der Waals surface area contributed by atoms with E-state index in [0.717, 1.165) is 0 Å². The van der Waals surface area contributed by atoms with E-state index in [4.69, 9.17) is 0 Å². The third-order valence-corrected chi connectivity index (χ3v) is 3.00. The van der Waals surface area contributed by atoms with Crippen LogP contribution in [0.1, 0.15) is 5.69 Å². The van der Waals surface area contributed by atoms with Crippen LogP contribution in [-0.4, -0.2) is 15.5 Å². The van der Waals surface area contributed by atoms with Crippen LogP contribution in [0.4, 0.5) is 18.9 Å². The molecule has 0 saturated heterocycles. The molecule has 1 aromatic heterocycles. The fourth-order valence-corrected chi connectivity index (χ4v) is 2.08. The molecule has 0 aliphatic rings. The number of anilines is 1. The molecule has 7 heteroatoms. The number of thioether (sulfide) groups is 1. The predicted octanol–water partition coefficient (Wildman–Crippen LogP) is 3.70. The van der Waals surface area contributed by atoms with Gasteiger partial charge in [-0.1, -0.05) is 12.1 Å². The van der Waals surface area contributed by atoms with Gasteiger partial charge in [-0.2, -0.15) is 13.2 Å². The Morgan fingerprint density at radius 1 is 1.16 bits per heavy atom. The molecule has 0 bridgehead atoms. The molecule has 2 aromatic rings. The van der Waals surface area contributed by atoms with Crippen molar-refractivity contribution in [2.24, 2.45) is 0 Å². The van der Waals surface area contributed by atoms with Gasteiger partial charge in [-0.3, -0.25) is 9.97 Å². The third-order valence-electron chi connectivity index (χ3n) is 2.19. The summed E-state index contributed by atoms with van der Waals surface area (Å²) in [5.74, 6) is 0. The molecule has 100 valence electrons. The monoisotopic (exact) mass is 285 g/mol. The molecule has 1 heterocycles. The van der Waals surface area contributed by atoms with E-state index in [-0.39, 0.29) is 16.7 Å². The van der Waals surface area contributed by atoms with Gasteiger partial charge in [0.15, 0.2) is 0 Å². The zero-order chi connectivity index (χ0) is 13.7. The van der Waals surface area contributed by atoms with E-state index in [1.807, 2.05) is 0 Å². The van der Waals surface area contributed by atoms with Crippen LogP contribution < -0.4 is 5.32 Å². The Morgan fingerprint density at radius 3 is 2.63 bits per heavy atom. The minimum atomic E-state index is -4.30. The fourth-order valence-electron chi connectivity index (χ4n) is 1.43. The quantitative estimate of drug-likeness (QED) is 0.869. The van der Waals surface area contributed by atoms with Gasteiger partial charge < -0.3 is 5.32 Å². The van der Waals surface area contributed by atoms with Crippen LogP contribution in [0.25, 0.3) is 0 Å². The van der Waals surface area contributed by atoms with Crippen molar-refractivity contribution in [3.05, 3.63) is 48.5 Å². The summed E-state index contributed by atoms with van der Waals surface area (Å²) < 4.78 is 37.2. The molecule has 0 unspecified atom stereocenters. The molecular weight excluding hydrogens is 275 g/mol. The Hall–Kier alpha value is -1.76. The Bertz CT molecular complexity index is 531. The normalized spacial score (nSPS) is 11.3. The average Bonchev–Trinajstić information content (AvgIpc) is 2.37. The summed E-state index contributed by atoms with van der Waals surface area (Å²) in [6.07, 6.45) is 4.64. The van der Waals surface area contributed by atoms with Crippen molar-refractivity contribution in [1.29, 1.82) is 0 Å². The smallest absolute Gasteiger partial charge is 0.378 e. The molecule has 0 aliphatic carbocycles. The van der Waals surface area contributed by atoms with E-state index < -0.39 is 5.51 Å². The molecular formula is C12H10F3N3S. The van der Waals surface area contributed by atoms with Gasteiger partial charge in [0.05, 0.1) is 18.4 Å². The predicted molar refractivity (Wildman–Crippen MR) is 67.7 cm³/mol. The standard InChI is InChI=1S/C12H10F3N3S/c13-12(14,15)19-11-4-2-1-3-10(11)18-8-9-7-16-5-6-17-9/h1-7,18H,8H2. The number of nitrogens with zero attached hydrogens (tertiary/aromatic N) is 2. The third kappa shape index (κ3) is 4.44. The average molecular weight is 285 g/mol. The van der Waals surface area contributed by atoms with Crippen LogP contribution >= 0.6 is 11.8 Å². The number of benzene rings is 1. The number of nitrogens with one attached hydrogen (secondary N) is 1. The first-order valence-electron chi connectivity index (χ1n) is 5.38. The number of halogens is 3. The van der Waals surface area contributed by atoms with Gasteiger partial charge in [-0.05, 0) is 23.9 Å². The summed E-state index contributed by atoms with van der Waals surface area (Å²) in [6.45, 7) is 0.323. The van der Waals surface area contributed by atoms with Crippen molar-refractivity contribution >= 4 is 17.4 Å². The van der Waals surface area contributed by atoms with Gasteiger partial charge >= 0.3 is 5.51 Å². The van der Waals surface area contributed by atoms with Gasteiger partial charge in [0, 0.05) is 23.0 Å². The SMILES string of the molecule is FC(F)(F)Sc1ccccc1NCc1cnccn1. The number of para-hydroxylation sites is 1. The highest BCUT2D eigenvalue weighted by atomic mass is 32.2. The van der Waals surface area contributed by atoms with Gasteiger partial charge in [0.2, 0.25) is 0 Å². The van der Waals surface area contributed by atoms with Crippen LogP contribution in [0, 0.1) is 0 Å². The molecule has 0 atom stereocenters. The number of aromatic nitrogens is 2. The zero-order valence-corrected chi connectivity index (χ0v) is 10.5. The van der Waals surface area contributed by atoms with Crippen LogP contribution in [0.15, 0.2) is 47.8 Å². The molecule has 0 aliphatic heterocycles. The van der Waals surface area contributed by atoms with Gasteiger partial charge in [-0.25, -0.2) is 0 Å². The minimum Gasteiger partial charge on any atom is -0.378 e. The van der Waals surface area contributed by atoms with E-state index in [1.165, 1.54) is 18.5 Å². The van der Waals surface area contributed by atoms with E-state index >= 15 is 0 Å². The van der Waals surface area contributed by atoms with Gasteiger partial charge in [-0.15, -0.1) is 0 Å². The van der Waals surface area contributed by atoms with Gasteiger partial charge in [0.25, 0.3) is 0 Å². The molecule has 0 fully saturated rings. The second-order valence-corrected chi connectivity index (χ2v) is 4.70. The van der Waals surface area contributed by atoms with Crippen molar-refractivity contribution in [3.63, 3.8) is 0 Å². The van der Waals surface area contributed by atoms with E-state index in [9.17, 15) is 13.2 Å². The van der Waals surface area contributed by atoms with Crippen molar-refractivity contribution < 1.29 is 13.2 Å². The Labute approximate surface area is 112 Å². The van der Waals surface area contributed by atoms with Crippen molar-refractivity contribution in [3.8, 4) is 0 Å². The fraction of sp³-hybridized carbons (Fsp3) is 0.167. The second kappa shape index (κ2) is 5.92. The highest BCUT2D eigenvalue weighted by Gasteiger charge is 2.30. The number of hydrogen-bond acceptors (Lipinski definition) is 4. The van der Waals surface area contributed by atoms with Crippen LogP contribution in [0.5, 0.6) is 0 Å². The summed E-state index contributed by atoms with van der Waals surface area (Å²) in [6, 6.07) is 6.28. The molecule has 0 saturated carbocycles. The molecule has 0 spiro atoms. The summed E-state index contributed by atoms with van der Waals surface area (Å²) in [7, 11) is 0. The highest BCUT2D eigenvalue weighted by molar-refractivity contribution is 8.00. The maximum Gasteiger partial charge on any atom is 0.446 e. The van der Waals surface area contributed by atoms with E-state index in [2.05, 4.69) is 15.3 Å². The first-order valence-corrected chi connectivity index (χ1v) is 6.20. The van der Waals surface area contributed by atoms with Crippen molar-refractivity contribution in [1.82, 2.24) is 9.97 Å². The lowest BCUT2D eigenvalue weighted by molar-refractivity contribution is -0.0327. The molecule has 19 heavy (non-hydrogen) atoms. The summed E-state index contributed by atoms with van der Waals surface area (Å²) >= 11 is -0.136. The lowest BCUT2D eigenvalue weighted by Gasteiger charge is -2.12. The summed E-state index contributed by atoms with van der Waals surface area (Å²) in [5, 5.41) is 2.93. The largest absolute Gasteiger partial charge is 0.446 e. The molecule has 3 nitrogen and oxygen atoms in total. The Morgan fingerprint density at radius 2 is 1.95 bits per heavy atom. The molecule has 2 rings (SSSR count). The topological polar surface area (TPSA) is 37.8 Å². The van der Waals surface area contributed by atoms with Crippen LogP contribution in [0.2, 0.25) is 0 Å². The molecule has 1 N–H and O–H groups in total. The molecule has 1 aromatic carbocycles. The van der Waals surface area contributed by atoms with Crippen molar-refractivity contribution in [2.45, 2.75) is 16.9 Å². The zero-order valence-electron chi connectivity index (χ0n) is 9.69. The Balaban J connectivity index is 2.08. The minimum absolute atomic E-state index is 0.136. The highest BCUT2D eigenvalue weighted by Crippen LogP contribution is 2.40. The number of hydrogen-bond donors (Lipinski definition) is 1. The molecule has 0 radical (unpaired) electrons. The van der Waals surface area contributed by atoms with E-state index in [1.54, 1.807) is 24.4 Å². The van der Waals surface area contributed by atoms with E-state index in [0.29, 0.717) is 17.9 Å². The Kier molecular flexibility index (Phi) is 4.26. The number of alkyl halides is 3. The maximum absolute atomic E-state index is 12.4. The lowest BCUT2D eigenvalue weighted by Crippen LogP contribution is -2.05. The van der Waals surface area contributed by atoms with Crippen LogP contribution in [0.3, 0.4) is 0 Å². The number of rotatable bonds is 4. The van der Waals surface area contributed by atoms with Crippen LogP contribution in [-0.2, 0) is 6.54 Å². The molecule has 0 amide bonds. The maximum atomic E-state index is 12.4. The van der Waals surface area contributed by atoms with Crippen molar-refractivity contribution in [2.75, 3.05) is 5.32 Å². The lowest BCUT2D eigenvalue weighted by atomic mass is 10.3. The second-order valence-electron chi connectivity index (χ2n) is 3.59.